The van der Waals surface area contributed by atoms with E-state index in [9.17, 15) is 9.59 Å². The van der Waals surface area contributed by atoms with E-state index in [2.05, 4.69) is 0 Å². The number of carbonyl (C=O) groups is 2. The Bertz CT molecular complexity index is 906. The van der Waals surface area contributed by atoms with E-state index in [1.54, 1.807) is 11.8 Å². The summed E-state index contributed by atoms with van der Waals surface area (Å²) in [5.74, 6) is 5.43. The Labute approximate surface area is 158 Å². The predicted octanol–water partition coefficient (Wildman–Crippen LogP) is 2.88. The number of hydrogen-bond acceptors (Lipinski definition) is 4. The Morgan fingerprint density at radius 2 is 1.89 bits per heavy atom. The Hall–Kier alpha value is -2.96. The van der Waals surface area contributed by atoms with Crippen molar-refractivity contribution >= 4 is 28.8 Å². The molecule has 3 rings (SSSR count). The maximum Gasteiger partial charge on any atom is 0.265 e. The van der Waals surface area contributed by atoms with Crippen LogP contribution in [0.3, 0.4) is 0 Å². The van der Waals surface area contributed by atoms with Gasteiger partial charge in [-0.05, 0) is 44.0 Å². The first-order chi connectivity index (χ1) is 13.0. The van der Waals surface area contributed by atoms with Gasteiger partial charge in [-0.1, -0.05) is 30.3 Å². The minimum absolute atomic E-state index is 0.0853. The molecular weight excluding hydrogens is 342 g/mol. The Morgan fingerprint density at radius 3 is 2.56 bits per heavy atom. The highest BCUT2D eigenvalue weighted by atomic mass is 16.3. The summed E-state index contributed by atoms with van der Waals surface area (Å²) in [6.45, 7) is 3.55. The van der Waals surface area contributed by atoms with Crippen molar-refractivity contribution < 1.29 is 14.7 Å². The van der Waals surface area contributed by atoms with Crippen LogP contribution in [0.15, 0.2) is 54.2 Å². The maximum atomic E-state index is 13.3. The first kappa shape index (κ1) is 18.8. The molecule has 0 unspecified atom stereocenters. The maximum absolute atomic E-state index is 13.3. The number of aryl methyl sites for hydroxylation is 1. The van der Waals surface area contributed by atoms with Gasteiger partial charge in [0.25, 0.3) is 5.91 Å². The third-order valence-electron chi connectivity index (χ3n) is 4.64. The lowest BCUT2D eigenvalue weighted by atomic mass is 10.0. The Kier molecular flexibility index (Phi) is 5.39. The van der Waals surface area contributed by atoms with Gasteiger partial charge in [-0.15, -0.1) is 0 Å². The van der Waals surface area contributed by atoms with Gasteiger partial charge in [-0.3, -0.25) is 19.5 Å². The highest BCUT2D eigenvalue weighted by molar-refractivity contribution is 6.35. The Balaban J connectivity index is 2.10. The molecule has 1 heterocycles. The lowest BCUT2D eigenvalue weighted by molar-refractivity contribution is -0.129. The normalized spacial score (nSPS) is 15.0. The number of aliphatic hydroxyl groups is 1. The van der Waals surface area contributed by atoms with E-state index in [0.29, 0.717) is 17.7 Å². The van der Waals surface area contributed by atoms with E-state index < -0.39 is 0 Å². The van der Waals surface area contributed by atoms with E-state index in [-0.39, 0.29) is 24.8 Å². The van der Waals surface area contributed by atoms with Crippen LogP contribution < -0.4 is 10.7 Å². The summed E-state index contributed by atoms with van der Waals surface area (Å²) in [7, 11) is 0. The summed E-state index contributed by atoms with van der Waals surface area (Å²) in [6.07, 6.45) is 0.448. The molecule has 1 aliphatic rings. The number of rotatable bonds is 5. The number of carbonyl (C=O) groups excluding carboxylic acids is 2. The van der Waals surface area contributed by atoms with Crippen molar-refractivity contribution in [2.45, 2.75) is 26.7 Å². The van der Waals surface area contributed by atoms with Gasteiger partial charge in [0.2, 0.25) is 5.91 Å². The fourth-order valence-electron chi connectivity index (χ4n) is 3.22. The fourth-order valence-corrected chi connectivity index (χ4v) is 3.22. The zero-order valence-electron chi connectivity index (χ0n) is 15.5. The molecule has 27 heavy (non-hydrogen) atoms. The molecule has 0 spiro atoms. The van der Waals surface area contributed by atoms with Crippen LogP contribution in [0.25, 0.3) is 5.57 Å². The molecule has 1 aliphatic heterocycles. The molecule has 0 saturated carbocycles. The van der Waals surface area contributed by atoms with Crippen molar-refractivity contribution in [1.82, 2.24) is 5.01 Å². The van der Waals surface area contributed by atoms with Gasteiger partial charge >= 0.3 is 0 Å². The number of para-hydroxylation sites is 1. The lowest BCUT2D eigenvalue weighted by Gasteiger charge is -2.20. The first-order valence-corrected chi connectivity index (χ1v) is 8.85. The molecule has 0 radical (unpaired) electrons. The highest BCUT2D eigenvalue weighted by Gasteiger charge is 2.36. The minimum atomic E-state index is -0.339. The number of anilines is 2. The predicted molar refractivity (Wildman–Crippen MR) is 105 cm³/mol. The number of hydrogen-bond donors (Lipinski definition) is 2. The number of nitrogens with zero attached hydrogens (tertiary/aromatic N) is 2. The highest BCUT2D eigenvalue weighted by Crippen LogP contribution is 2.43. The van der Waals surface area contributed by atoms with Crippen molar-refractivity contribution in [3.8, 4) is 0 Å². The third-order valence-corrected chi connectivity index (χ3v) is 4.64. The molecule has 0 atom stereocenters. The monoisotopic (exact) mass is 365 g/mol. The molecule has 2 amide bonds. The van der Waals surface area contributed by atoms with E-state index in [0.717, 1.165) is 27.5 Å². The SMILES string of the molecule is C/C(=C1/C(=O)N(c2ccccc2)c2cc(C)ccc21)N(N)C(=O)CCCO. The fraction of sp³-hybridized carbons (Fsp3) is 0.238. The molecular formula is C21H23N3O3. The van der Waals surface area contributed by atoms with Crippen LogP contribution in [-0.4, -0.2) is 28.5 Å². The van der Waals surface area contributed by atoms with Crippen LogP contribution in [0.5, 0.6) is 0 Å². The largest absolute Gasteiger partial charge is 0.396 e. The van der Waals surface area contributed by atoms with Crippen LogP contribution in [0.1, 0.15) is 30.9 Å². The van der Waals surface area contributed by atoms with Crippen LogP contribution in [0, 0.1) is 6.92 Å². The number of aliphatic hydroxyl groups excluding tert-OH is 1. The van der Waals surface area contributed by atoms with Crippen LogP contribution in [0.2, 0.25) is 0 Å². The summed E-state index contributed by atoms with van der Waals surface area (Å²) in [4.78, 5) is 27.2. The average molecular weight is 365 g/mol. The van der Waals surface area contributed by atoms with Gasteiger partial charge in [-0.2, -0.15) is 0 Å². The first-order valence-electron chi connectivity index (χ1n) is 8.85. The molecule has 0 fully saturated rings. The molecule has 6 nitrogen and oxygen atoms in total. The standard InChI is InChI=1S/C21H23N3O3/c1-14-10-11-17-18(13-14)23(16-7-4-3-5-8-16)21(27)20(17)15(2)24(22)19(26)9-6-12-25/h3-5,7-8,10-11,13,25H,6,9,12,22H2,1-2H3/b20-15-. The van der Waals surface area contributed by atoms with Gasteiger partial charge in [0.1, 0.15) is 0 Å². The average Bonchev–Trinajstić information content (AvgIpc) is 2.96. The molecule has 0 bridgehead atoms. The van der Waals surface area contributed by atoms with Crippen molar-refractivity contribution in [2.75, 3.05) is 11.5 Å². The molecule has 2 aromatic carbocycles. The Morgan fingerprint density at radius 1 is 1.19 bits per heavy atom. The van der Waals surface area contributed by atoms with Crippen LogP contribution in [0.4, 0.5) is 11.4 Å². The smallest absolute Gasteiger partial charge is 0.265 e. The number of amides is 2. The van der Waals surface area contributed by atoms with Crippen LogP contribution in [-0.2, 0) is 9.59 Å². The molecule has 0 aliphatic carbocycles. The number of nitrogens with two attached hydrogens (primary N) is 1. The van der Waals surface area contributed by atoms with E-state index in [1.165, 1.54) is 0 Å². The van der Waals surface area contributed by atoms with Crippen molar-refractivity contribution in [1.29, 1.82) is 0 Å². The van der Waals surface area contributed by atoms with E-state index >= 15 is 0 Å². The third kappa shape index (κ3) is 3.49. The minimum Gasteiger partial charge on any atom is -0.396 e. The van der Waals surface area contributed by atoms with Crippen molar-refractivity contribution in [3.63, 3.8) is 0 Å². The second-order valence-corrected chi connectivity index (χ2v) is 6.55. The summed E-state index contributed by atoms with van der Waals surface area (Å²) < 4.78 is 0. The van der Waals surface area contributed by atoms with Gasteiger partial charge in [0, 0.05) is 30.0 Å². The van der Waals surface area contributed by atoms with E-state index in [1.807, 2.05) is 55.5 Å². The summed E-state index contributed by atoms with van der Waals surface area (Å²) >= 11 is 0. The molecule has 140 valence electrons. The van der Waals surface area contributed by atoms with Gasteiger partial charge < -0.3 is 5.11 Å². The van der Waals surface area contributed by atoms with E-state index in [4.69, 9.17) is 10.9 Å². The molecule has 3 N–H and O–H groups in total. The topological polar surface area (TPSA) is 86.9 Å². The summed E-state index contributed by atoms with van der Waals surface area (Å²) in [6, 6.07) is 15.2. The second kappa shape index (κ2) is 7.73. The number of benzene rings is 2. The molecule has 6 heteroatoms. The number of hydrazine groups is 1. The van der Waals surface area contributed by atoms with Gasteiger partial charge in [0.05, 0.1) is 11.3 Å². The number of allylic oxidation sites excluding steroid dienone is 1. The quantitative estimate of drug-likeness (QED) is 0.369. The molecule has 2 aromatic rings. The molecule has 0 saturated heterocycles. The lowest BCUT2D eigenvalue weighted by Crippen LogP contribution is -2.37. The van der Waals surface area contributed by atoms with Crippen LogP contribution >= 0.6 is 0 Å². The zero-order chi connectivity index (χ0) is 19.6. The number of fused-ring (bicyclic) bond motifs is 1. The summed E-state index contributed by atoms with van der Waals surface area (Å²) in [5, 5.41) is 9.94. The second-order valence-electron chi connectivity index (χ2n) is 6.55. The van der Waals surface area contributed by atoms with Gasteiger partial charge in [0.15, 0.2) is 0 Å². The zero-order valence-corrected chi connectivity index (χ0v) is 15.5. The van der Waals surface area contributed by atoms with Crippen molar-refractivity contribution in [2.24, 2.45) is 5.84 Å². The van der Waals surface area contributed by atoms with Gasteiger partial charge in [-0.25, -0.2) is 5.84 Å². The molecule has 0 aromatic heterocycles. The van der Waals surface area contributed by atoms with Crippen molar-refractivity contribution in [3.05, 3.63) is 65.4 Å². The summed E-state index contributed by atoms with van der Waals surface area (Å²) in [5.41, 5.74) is 4.12.